The van der Waals surface area contributed by atoms with Gasteiger partial charge < -0.3 is 5.32 Å². The van der Waals surface area contributed by atoms with Crippen molar-refractivity contribution in [1.29, 1.82) is 0 Å². The van der Waals surface area contributed by atoms with E-state index in [1.165, 1.54) is 5.56 Å². The Morgan fingerprint density at radius 1 is 1.00 bits per heavy atom. The molecule has 0 aliphatic rings. The van der Waals surface area contributed by atoms with E-state index in [1.54, 1.807) is 0 Å². The molecule has 0 atom stereocenters. The Labute approximate surface area is 126 Å². The van der Waals surface area contributed by atoms with E-state index in [2.05, 4.69) is 36.5 Å². The molecule has 0 unspecified atom stereocenters. The van der Waals surface area contributed by atoms with Crippen molar-refractivity contribution < 1.29 is 4.79 Å². The number of aryl methyl sites for hydroxylation is 1. The molecule has 0 fully saturated rings. The van der Waals surface area contributed by atoms with Gasteiger partial charge >= 0.3 is 0 Å². The molecular formula is C19H21NO. The Kier molecular flexibility index (Phi) is 5.33. The molecule has 2 rings (SSSR count). The monoisotopic (exact) mass is 279 g/mol. The van der Waals surface area contributed by atoms with Gasteiger partial charge in [0.1, 0.15) is 0 Å². The maximum atomic E-state index is 12.1. The third kappa shape index (κ3) is 4.60. The number of hydrogen-bond donors (Lipinski definition) is 1. The van der Waals surface area contributed by atoms with Crippen LogP contribution in [0.1, 0.15) is 30.5 Å². The van der Waals surface area contributed by atoms with Crippen LogP contribution in [0.25, 0.3) is 6.08 Å². The molecule has 2 nitrogen and oxygen atoms in total. The van der Waals surface area contributed by atoms with Gasteiger partial charge in [-0.15, -0.1) is 0 Å². The summed E-state index contributed by atoms with van der Waals surface area (Å²) in [6, 6.07) is 18.2. The maximum Gasteiger partial charge on any atom is 0.247 e. The molecule has 1 amide bonds. The summed E-state index contributed by atoms with van der Waals surface area (Å²) in [5.41, 5.74) is 4.18. The quantitative estimate of drug-likeness (QED) is 0.824. The zero-order valence-electron chi connectivity index (χ0n) is 12.6. The highest BCUT2D eigenvalue weighted by Crippen LogP contribution is 2.08. The summed E-state index contributed by atoms with van der Waals surface area (Å²) < 4.78 is 0. The van der Waals surface area contributed by atoms with Gasteiger partial charge in [0, 0.05) is 12.1 Å². The molecule has 0 saturated carbocycles. The van der Waals surface area contributed by atoms with Crippen molar-refractivity contribution in [3.8, 4) is 0 Å². The van der Waals surface area contributed by atoms with Gasteiger partial charge in [-0.1, -0.05) is 61.5 Å². The summed E-state index contributed by atoms with van der Waals surface area (Å²) in [4.78, 5) is 12.1. The van der Waals surface area contributed by atoms with Crippen molar-refractivity contribution in [3.05, 3.63) is 76.9 Å². The predicted molar refractivity (Wildman–Crippen MR) is 87.8 cm³/mol. The largest absolute Gasteiger partial charge is 0.348 e. The molecule has 2 aromatic rings. The van der Waals surface area contributed by atoms with Crippen LogP contribution in [0, 0.1) is 0 Å². The molecule has 2 aromatic carbocycles. The second kappa shape index (κ2) is 7.44. The van der Waals surface area contributed by atoms with Crippen molar-refractivity contribution in [1.82, 2.24) is 5.32 Å². The van der Waals surface area contributed by atoms with Crippen LogP contribution in [0.4, 0.5) is 0 Å². The van der Waals surface area contributed by atoms with Crippen LogP contribution in [0.2, 0.25) is 0 Å². The highest BCUT2D eigenvalue weighted by Gasteiger charge is 2.04. The number of amides is 1. The molecule has 0 bridgehead atoms. The van der Waals surface area contributed by atoms with E-state index in [0.717, 1.165) is 17.5 Å². The first-order chi connectivity index (χ1) is 10.2. The topological polar surface area (TPSA) is 29.1 Å². The SMILES string of the molecule is CCc1ccc(CNC(=O)/C(C)=C/c2ccccc2)cc1. The van der Waals surface area contributed by atoms with Crippen LogP contribution in [0.5, 0.6) is 0 Å². The second-order valence-electron chi connectivity index (χ2n) is 5.09. The highest BCUT2D eigenvalue weighted by molar-refractivity contribution is 5.97. The number of hydrogen-bond acceptors (Lipinski definition) is 1. The van der Waals surface area contributed by atoms with Crippen molar-refractivity contribution in [2.45, 2.75) is 26.8 Å². The number of carbonyl (C=O) groups excluding carboxylic acids is 1. The Morgan fingerprint density at radius 2 is 1.62 bits per heavy atom. The van der Waals surface area contributed by atoms with Crippen LogP contribution in [0.3, 0.4) is 0 Å². The fourth-order valence-corrected chi connectivity index (χ4v) is 2.08. The Hall–Kier alpha value is -2.35. The van der Waals surface area contributed by atoms with Crippen molar-refractivity contribution in [2.24, 2.45) is 0 Å². The Bertz CT molecular complexity index is 612. The van der Waals surface area contributed by atoms with E-state index in [4.69, 9.17) is 0 Å². The molecule has 2 heteroatoms. The van der Waals surface area contributed by atoms with Crippen molar-refractivity contribution >= 4 is 12.0 Å². The average molecular weight is 279 g/mol. The van der Waals surface area contributed by atoms with E-state index in [9.17, 15) is 4.79 Å². The standard InChI is InChI=1S/C19H21NO/c1-3-16-9-11-18(12-10-16)14-20-19(21)15(2)13-17-7-5-4-6-8-17/h4-13H,3,14H2,1-2H3,(H,20,21)/b15-13+. The van der Waals surface area contributed by atoms with Crippen LogP contribution < -0.4 is 5.32 Å². The van der Waals surface area contributed by atoms with Gasteiger partial charge in [-0.2, -0.15) is 0 Å². The van der Waals surface area contributed by atoms with Crippen molar-refractivity contribution in [3.63, 3.8) is 0 Å². The van der Waals surface area contributed by atoms with Gasteiger partial charge in [0.15, 0.2) is 0 Å². The minimum atomic E-state index is -0.0292. The summed E-state index contributed by atoms with van der Waals surface area (Å²) >= 11 is 0. The summed E-state index contributed by atoms with van der Waals surface area (Å²) in [6.45, 7) is 4.53. The molecule has 0 aliphatic heterocycles. The summed E-state index contributed by atoms with van der Waals surface area (Å²) in [7, 11) is 0. The maximum absolute atomic E-state index is 12.1. The molecule has 108 valence electrons. The van der Waals surface area contributed by atoms with E-state index in [-0.39, 0.29) is 5.91 Å². The first-order valence-corrected chi connectivity index (χ1v) is 7.28. The van der Waals surface area contributed by atoms with Crippen LogP contribution >= 0.6 is 0 Å². The fraction of sp³-hybridized carbons (Fsp3) is 0.211. The lowest BCUT2D eigenvalue weighted by molar-refractivity contribution is -0.117. The zero-order chi connectivity index (χ0) is 15.1. The Balaban J connectivity index is 1.93. The summed E-state index contributed by atoms with van der Waals surface area (Å²) in [6.07, 6.45) is 2.93. The van der Waals surface area contributed by atoms with E-state index < -0.39 is 0 Å². The van der Waals surface area contributed by atoms with E-state index in [0.29, 0.717) is 12.1 Å². The molecule has 0 saturated heterocycles. The number of carbonyl (C=O) groups is 1. The molecule has 0 spiro atoms. The molecule has 0 radical (unpaired) electrons. The fourth-order valence-electron chi connectivity index (χ4n) is 2.08. The minimum absolute atomic E-state index is 0.0292. The van der Waals surface area contributed by atoms with Gasteiger partial charge in [0.25, 0.3) is 0 Å². The van der Waals surface area contributed by atoms with Crippen molar-refractivity contribution in [2.75, 3.05) is 0 Å². The molecule has 0 heterocycles. The molecule has 21 heavy (non-hydrogen) atoms. The van der Waals surface area contributed by atoms with Crippen LogP contribution in [0.15, 0.2) is 60.2 Å². The minimum Gasteiger partial charge on any atom is -0.348 e. The molecular weight excluding hydrogens is 258 g/mol. The number of nitrogens with one attached hydrogen (secondary N) is 1. The van der Waals surface area contributed by atoms with Crippen LogP contribution in [-0.2, 0) is 17.8 Å². The molecule has 1 N–H and O–H groups in total. The summed E-state index contributed by atoms with van der Waals surface area (Å²) in [5, 5.41) is 2.95. The van der Waals surface area contributed by atoms with Gasteiger partial charge in [0.05, 0.1) is 0 Å². The smallest absolute Gasteiger partial charge is 0.247 e. The first-order valence-electron chi connectivity index (χ1n) is 7.28. The van der Waals surface area contributed by atoms with Gasteiger partial charge in [-0.05, 0) is 36.1 Å². The first kappa shape index (κ1) is 15.0. The van der Waals surface area contributed by atoms with E-state index >= 15 is 0 Å². The lowest BCUT2D eigenvalue weighted by Gasteiger charge is -2.06. The third-order valence-electron chi connectivity index (χ3n) is 3.43. The van der Waals surface area contributed by atoms with Gasteiger partial charge in [-0.25, -0.2) is 0 Å². The zero-order valence-corrected chi connectivity index (χ0v) is 12.6. The number of rotatable bonds is 5. The Morgan fingerprint density at radius 3 is 2.24 bits per heavy atom. The predicted octanol–water partition coefficient (Wildman–Crippen LogP) is 3.97. The number of benzene rings is 2. The second-order valence-corrected chi connectivity index (χ2v) is 5.09. The van der Waals surface area contributed by atoms with Gasteiger partial charge in [0.2, 0.25) is 5.91 Å². The lowest BCUT2D eigenvalue weighted by atomic mass is 10.1. The average Bonchev–Trinajstić information content (AvgIpc) is 2.54. The van der Waals surface area contributed by atoms with E-state index in [1.807, 2.05) is 43.3 Å². The normalized spacial score (nSPS) is 11.2. The summed E-state index contributed by atoms with van der Waals surface area (Å²) in [5.74, 6) is -0.0292. The molecule has 0 aromatic heterocycles. The lowest BCUT2D eigenvalue weighted by Crippen LogP contribution is -2.23. The third-order valence-corrected chi connectivity index (χ3v) is 3.43. The highest BCUT2D eigenvalue weighted by atomic mass is 16.1. The van der Waals surface area contributed by atoms with Crippen LogP contribution in [-0.4, -0.2) is 5.91 Å². The van der Waals surface area contributed by atoms with Gasteiger partial charge in [-0.3, -0.25) is 4.79 Å². The molecule has 0 aliphatic carbocycles.